The Hall–Kier alpha value is -1.94. The van der Waals surface area contributed by atoms with Gasteiger partial charge >= 0.3 is 0 Å². The molecule has 0 radical (unpaired) electrons. The Morgan fingerprint density at radius 2 is 1.58 bits per heavy atom. The molecule has 0 aliphatic carbocycles. The molecule has 1 amide bonds. The Balaban J connectivity index is 1.96. The van der Waals surface area contributed by atoms with Gasteiger partial charge in [0.25, 0.3) is 0 Å². The lowest BCUT2D eigenvalue weighted by Crippen LogP contribution is -2.37. The molecule has 140 valence electrons. The molecular formula is C22H29NO2S. The van der Waals surface area contributed by atoms with Crippen molar-refractivity contribution >= 4 is 16.7 Å². The van der Waals surface area contributed by atoms with Crippen LogP contribution in [0.5, 0.6) is 0 Å². The Kier molecular flexibility index (Phi) is 6.76. The summed E-state index contributed by atoms with van der Waals surface area (Å²) in [6.07, 6.45) is 0. The molecule has 0 aliphatic heterocycles. The standard InChI is InChI=1S/C22H29NO2S/c1-17(21(24)23(5)15-18-9-7-6-8-10-18)26(25)16-19-11-13-20(14-12-19)22(2,3)4/h6-14,17H,15-16H2,1-5H3/t17-,26+/m0/s1. The summed E-state index contributed by atoms with van der Waals surface area (Å²) in [5.41, 5.74) is 3.42. The van der Waals surface area contributed by atoms with Gasteiger partial charge in [0, 0.05) is 30.1 Å². The van der Waals surface area contributed by atoms with E-state index < -0.39 is 16.0 Å². The van der Waals surface area contributed by atoms with Gasteiger partial charge in [-0.3, -0.25) is 9.00 Å². The zero-order valence-corrected chi connectivity index (χ0v) is 17.2. The molecule has 0 fully saturated rings. The van der Waals surface area contributed by atoms with Gasteiger partial charge in [0.2, 0.25) is 5.91 Å². The first-order valence-electron chi connectivity index (χ1n) is 8.94. The van der Waals surface area contributed by atoms with Crippen LogP contribution < -0.4 is 0 Å². The lowest BCUT2D eigenvalue weighted by molar-refractivity contribution is -0.129. The quantitative estimate of drug-likeness (QED) is 0.760. The summed E-state index contributed by atoms with van der Waals surface area (Å²) in [6.45, 7) is 8.79. The van der Waals surface area contributed by atoms with E-state index in [-0.39, 0.29) is 11.3 Å². The molecule has 0 aliphatic rings. The predicted molar refractivity (Wildman–Crippen MR) is 109 cm³/mol. The number of amides is 1. The number of rotatable bonds is 6. The van der Waals surface area contributed by atoms with Crippen molar-refractivity contribution in [2.75, 3.05) is 7.05 Å². The second-order valence-electron chi connectivity index (χ2n) is 7.79. The average molecular weight is 372 g/mol. The van der Waals surface area contributed by atoms with E-state index in [0.29, 0.717) is 12.3 Å². The third kappa shape index (κ3) is 5.53. The molecule has 0 unspecified atom stereocenters. The van der Waals surface area contributed by atoms with Crippen LogP contribution in [0.15, 0.2) is 54.6 Å². The van der Waals surface area contributed by atoms with E-state index in [1.165, 1.54) is 5.56 Å². The second-order valence-corrected chi connectivity index (χ2v) is 9.55. The molecule has 0 saturated carbocycles. The van der Waals surface area contributed by atoms with E-state index in [1.54, 1.807) is 18.9 Å². The summed E-state index contributed by atoms with van der Waals surface area (Å²) in [5, 5.41) is -0.522. The van der Waals surface area contributed by atoms with Crippen LogP contribution in [0.3, 0.4) is 0 Å². The summed E-state index contributed by atoms with van der Waals surface area (Å²) >= 11 is 0. The van der Waals surface area contributed by atoms with Gasteiger partial charge in [0.15, 0.2) is 0 Å². The lowest BCUT2D eigenvalue weighted by Gasteiger charge is -2.22. The highest BCUT2D eigenvalue weighted by Gasteiger charge is 2.23. The molecule has 0 aromatic heterocycles. The fraction of sp³-hybridized carbons (Fsp3) is 0.409. The summed E-state index contributed by atoms with van der Waals surface area (Å²) in [6, 6.07) is 18.0. The van der Waals surface area contributed by atoms with Crippen LogP contribution in [0.2, 0.25) is 0 Å². The molecule has 0 heterocycles. The molecule has 2 atom stereocenters. The first kappa shape index (κ1) is 20.4. The van der Waals surface area contributed by atoms with Crippen LogP contribution in [-0.2, 0) is 33.3 Å². The highest BCUT2D eigenvalue weighted by atomic mass is 32.2. The van der Waals surface area contributed by atoms with Crippen molar-refractivity contribution in [2.45, 2.75) is 50.7 Å². The molecule has 2 aromatic carbocycles. The maximum absolute atomic E-state index is 12.7. The minimum Gasteiger partial charge on any atom is -0.340 e. The maximum atomic E-state index is 12.7. The van der Waals surface area contributed by atoms with Gasteiger partial charge in [-0.25, -0.2) is 0 Å². The van der Waals surface area contributed by atoms with Gasteiger partial charge in [-0.1, -0.05) is 75.4 Å². The lowest BCUT2D eigenvalue weighted by atomic mass is 9.87. The topological polar surface area (TPSA) is 37.4 Å². The van der Waals surface area contributed by atoms with Gasteiger partial charge in [-0.2, -0.15) is 0 Å². The van der Waals surface area contributed by atoms with Crippen molar-refractivity contribution in [3.8, 4) is 0 Å². The van der Waals surface area contributed by atoms with E-state index in [2.05, 4.69) is 32.9 Å². The zero-order chi connectivity index (χ0) is 19.3. The minimum absolute atomic E-state index is 0.0847. The largest absolute Gasteiger partial charge is 0.340 e. The minimum atomic E-state index is -1.24. The van der Waals surface area contributed by atoms with E-state index >= 15 is 0 Å². The molecule has 0 bridgehead atoms. The molecule has 4 heteroatoms. The summed E-state index contributed by atoms with van der Waals surface area (Å²) in [4.78, 5) is 14.3. The third-order valence-corrected chi connectivity index (χ3v) is 6.12. The van der Waals surface area contributed by atoms with Crippen LogP contribution in [0.4, 0.5) is 0 Å². The Labute approximate surface area is 159 Å². The van der Waals surface area contributed by atoms with Crippen LogP contribution in [0, 0.1) is 0 Å². The normalized spacial score (nSPS) is 13.9. The van der Waals surface area contributed by atoms with Crippen molar-refractivity contribution < 1.29 is 9.00 Å². The SMILES string of the molecule is C[C@@H](C(=O)N(C)Cc1ccccc1)[S@](=O)Cc1ccc(C(C)(C)C)cc1. The van der Waals surface area contributed by atoms with Crippen molar-refractivity contribution in [1.29, 1.82) is 0 Å². The van der Waals surface area contributed by atoms with Crippen molar-refractivity contribution in [2.24, 2.45) is 0 Å². The van der Waals surface area contributed by atoms with Crippen molar-refractivity contribution in [3.63, 3.8) is 0 Å². The summed E-state index contributed by atoms with van der Waals surface area (Å²) < 4.78 is 12.7. The summed E-state index contributed by atoms with van der Waals surface area (Å²) in [7, 11) is 0.522. The Morgan fingerprint density at radius 1 is 1.00 bits per heavy atom. The second kappa shape index (κ2) is 8.63. The van der Waals surface area contributed by atoms with Crippen LogP contribution in [-0.4, -0.2) is 27.3 Å². The summed E-state index contributed by atoms with van der Waals surface area (Å²) in [5.74, 6) is 0.315. The van der Waals surface area contributed by atoms with Gasteiger partial charge in [-0.15, -0.1) is 0 Å². The first-order chi connectivity index (χ1) is 12.2. The number of nitrogens with zero attached hydrogens (tertiary/aromatic N) is 1. The van der Waals surface area contributed by atoms with E-state index in [1.807, 2.05) is 42.5 Å². The number of carbonyl (C=O) groups is 1. The van der Waals surface area contributed by atoms with Gasteiger partial charge in [0.1, 0.15) is 5.25 Å². The molecule has 26 heavy (non-hydrogen) atoms. The molecule has 2 aromatic rings. The number of hydrogen-bond donors (Lipinski definition) is 0. The van der Waals surface area contributed by atoms with Crippen LogP contribution in [0.1, 0.15) is 44.4 Å². The van der Waals surface area contributed by atoms with Gasteiger partial charge < -0.3 is 4.90 Å². The molecular weight excluding hydrogens is 342 g/mol. The van der Waals surface area contributed by atoms with Crippen LogP contribution in [0.25, 0.3) is 0 Å². The first-order valence-corrected chi connectivity index (χ1v) is 10.3. The molecule has 2 rings (SSSR count). The number of hydrogen-bond acceptors (Lipinski definition) is 2. The average Bonchev–Trinajstić information content (AvgIpc) is 2.61. The van der Waals surface area contributed by atoms with Gasteiger partial charge in [0.05, 0.1) is 0 Å². The molecule has 0 saturated heterocycles. The number of carbonyl (C=O) groups excluding carboxylic acids is 1. The van der Waals surface area contributed by atoms with E-state index in [0.717, 1.165) is 11.1 Å². The van der Waals surface area contributed by atoms with Gasteiger partial charge in [-0.05, 0) is 29.0 Å². The van der Waals surface area contributed by atoms with Crippen molar-refractivity contribution in [1.82, 2.24) is 4.90 Å². The highest BCUT2D eigenvalue weighted by Crippen LogP contribution is 2.22. The predicted octanol–water partition coefficient (Wildman–Crippen LogP) is 4.28. The monoisotopic (exact) mass is 371 g/mol. The molecule has 3 nitrogen and oxygen atoms in total. The number of benzene rings is 2. The van der Waals surface area contributed by atoms with E-state index in [9.17, 15) is 9.00 Å². The highest BCUT2D eigenvalue weighted by molar-refractivity contribution is 7.85. The van der Waals surface area contributed by atoms with E-state index in [4.69, 9.17) is 0 Å². The van der Waals surface area contributed by atoms with Crippen molar-refractivity contribution in [3.05, 3.63) is 71.3 Å². The molecule has 0 N–H and O–H groups in total. The Morgan fingerprint density at radius 3 is 2.12 bits per heavy atom. The zero-order valence-electron chi connectivity index (χ0n) is 16.4. The third-order valence-electron chi connectivity index (χ3n) is 4.51. The van der Waals surface area contributed by atoms with Crippen LogP contribution >= 0.6 is 0 Å². The Bertz CT molecular complexity index is 748. The smallest absolute Gasteiger partial charge is 0.238 e. The maximum Gasteiger partial charge on any atom is 0.238 e. The fourth-order valence-electron chi connectivity index (χ4n) is 2.75. The fourth-order valence-corrected chi connectivity index (χ4v) is 3.92. The molecule has 0 spiro atoms.